The second-order valence-electron chi connectivity index (χ2n) is 4.29. The number of carbonyl (C=O) groups is 1. The van der Waals surface area contributed by atoms with Gasteiger partial charge < -0.3 is 4.74 Å². The van der Waals surface area contributed by atoms with Gasteiger partial charge in [0.15, 0.2) is 5.78 Å². The van der Waals surface area contributed by atoms with Crippen molar-refractivity contribution in [3.05, 3.63) is 43.8 Å². The minimum atomic E-state index is 0.0726. The average Bonchev–Trinajstić information content (AvgIpc) is 2.80. The summed E-state index contributed by atoms with van der Waals surface area (Å²) in [6.07, 6.45) is 2.05. The Morgan fingerprint density at radius 1 is 1.47 bits per heavy atom. The lowest BCUT2D eigenvalue weighted by atomic mass is 10.0. The standard InChI is InChI=1S/C14H14BrNO2S/c1-8-6-16-11(9(2)14(8)18-3)5-12(17)10-4-13(15)19-7-10/h4,6-7H,5H2,1-3H3. The van der Waals surface area contributed by atoms with Crippen molar-refractivity contribution in [3.8, 4) is 5.75 Å². The number of ether oxygens (including phenoxy) is 1. The number of Topliss-reactive ketones (excluding diaryl/α,β-unsaturated/α-hetero) is 1. The van der Waals surface area contributed by atoms with Crippen LogP contribution in [-0.4, -0.2) is 17.9 Å². The molecular weight excluding hydrogens is 326 g/mol. The molecule has 19 heavy (non-hydrogen) atoms. The fraction of sp³-hybridized carbons (Fsp3) is 0.286. The van der Waals surface area contributed by atoms with Gasteiger partial charge in [-0.2, -0.15) is 0 Å². The number of aryl methyl sites for hydroxylation is 1. The number of halogens is 1. The van der Waals surface area contributed by atoms with Gasteiger partial charge in [0.1, 0.15) is 5.75 Å². The summed E-state index contributed by atoms with van der Waals surface area (Å²) in [6.45, 7) is 3.88. The molecule has 0 N–H and O–H groups in total. The Labute approximate surface area is 124 Å². The highest BCUT2D eigenvalue weighted by atomic mass is 79.9. The van der Waals surface area contributed by atoms with E-state index in [2.05, 4.69) is 20.9 Å². The summed E-state index contributed by atoms with van der Waals surface area (Å²) in [5.74, 6) is 0.882. The average molecular weight is 340 g/mol. The number of rotatable bonds is 4. The van der Waals surface area contributed by atoms with Gasteiger partial charge in [-0.05, 0) is 35.8 Å². The topological polar surface area (TPSA) is 39.2 Å². The Kier molecular flexibility index (Phi) is 4.37. The summed E-state index contributed by atoms with van der Waals surface area (Å²) in [5, 5.41) is 1.85. The predicted octanol–water partition coefficient (Wildman–Crippen LogP) is 3.96. The number of hydrogen-bond acceptors (Lipinski definition) is 4. The third kappa shape index (κ3) is 3.04. The number of nitrogens with zero attached hydrogens (tertiary/aromatic N) is 1. The van der Waals surface area contributed by atoms with Gasteiger partial charge in [-0.3, -0.25) is 9.78 Å². The monoisotopic (exact) mass is 339 g/mol. The van der Waals surface area contributed by atoms with Gasteiger partial charge in [0, 0.05) is 28.3 Å². The minimum absolute atomic E-state index is 0.0726. The molecule has 2 aromatic heterocycles. The SMILES string of the molecule is COc1c(C)cnc(CC(=O)c2csc(Br)c2)c1C. The predicted molar refractivity (Wildman–Crippen MR) is 80.3 cm³/mol. The van der Waals surface area contributed by atoms with Crippen molar-refractivity contribution in [2.45, 2.75) is 20.3 Å². The summed E-state index contributed by atoms with van der Waals surface area (Å²) < 4.78 is 6.31. The van der Waals surface area contributed by atoms with Crippen LogP contribution in [0.4, 0.5) is 0 Å². The van der Waals surface area contributed by atoms with Gasteiger partial charge in [0.2, 0.25) is 0 Å². The molecule has 0 bridgehead atoms. The largest absolute Gasteiger partial charge is 0.496 e. The summed E-state index contributed by atoms with van der Waals surface area (Å²) in [5.41, 5.74) is 3.41. The molecule has 2 heterocycles. The molecule has 3 nitrogen and oxygen atoms in total. The molecule has 0 aromatic carbocycles. The number of hydrogen-bond donors (Lipinski definition) is 0. The van der Waals surface area contributed by atoms with E-state index in [9.17, 15) is 4.79 Å². The molecule has 0 unspecified atom stereocenters. The van der Waals surface area contributed by atoms with E-state index in [1.54, 1.807) is 13.3 Å². The lowest BCUT2D eigenvalue weighted by Gasteiger charge is -2.11. The van der Waals surface area contributed by atoms with Crippen molar-refractivity contribution >= 4 is 33.0 Å². The Morgan fingerprint density at radius 3 is 2.79 bits per heavy atom. The maximum atomic E-state index is 12.2. The molecule has 100 valence electrons. The number of thiophene rings is 1. The highest BCUT2D eigenvalue weighted by Gasteiger charge is 2.15. The second-order valence-corrected chi connectivity index (χ2v) is 6.58. The van der Waals surface area contributed by atoms with Crippen molar-refractivity contribution in [1.82, 2.24) is 4.98 Å². The van der Waals surface area contributed by atoms with Crippen molar-refractivity contribution in [2.24, 2.45) is 0 Å². The lowest BCUT2D eigenvalue weighted by Crippen LogP contribution is -2.07. The quantitative estimate of drug-likeness (QED) is 0.791. The zero-order chi connectivity index (χ0) is 14.0. The number of methoxy groups -OCH3 is 1. The third-order valence-electron chi connectivity index (χ3n) is 2.97. The molecule has 0 fully saturated rings. The highest BCUT2D eigenvalue weighted by Crippen LogP contribution is 2.26. The molecule has 0 aliphatic carbocycles. The van der Waals surface area contributed by atoms with Crippen LogP contribution in [0.25, 0.3) is 0 Å². The Balaban J connectivity index is 2.27. The van der Waals surface area contributed by atoms with Gasteiger partial charge in [0.25, 0.3) is 0 Å². The number of carbonyl (C=O) groups excluding carboxylic acids is 1. The van der Waals surface area contributed by atoms with E-state index in [-0.39, 0.29) is 5.78 Å². The van der Waals surface area contributed by atoms with Crippen LogP contribution in [0.2, 0.25) is 0 Å². The van der Waals surface area contributed by atoms with E-state index in [0.29, 0.717) is 6.42 Å². The molecule has 0 spiro atoms. The van der Waals surface area contributed by atoms with E-state index >= 15 is 0 Å². The highest BCUT2D eigenvalue weighted by molar-refractivity contribution is 9.11. The Hall–Kier alpha value is -1.20. The molecule has 0 radical (unpaired) electrons. The molecule has 0 aliphatic heterocycles. The van der Waals surface area contributed by atoms with Gasteiger partial charge >= 0.3 is 0 Å². The van der Waals surface area contributed by atoms with Gasteiger partial charge in [-0.15, -0.1) is 11.3 Å². The van der Waals surface area contributed by atoms with Crippen LogP contribution in [0.5, 0.6) is 5.75 Å². The van der Waals surface area contributed by atoms with Crippen molar-refractivity contribution in [1.29, 1.82) is 0 Å². The molecule has 0 saturated carbocycles. The first kappa shape index (κ1) is 14.2. The third-order valence-corrected chi connectivity index (χ3v) is 4.47. The van der Waals surface area contributed by atoms with Crippen LogP contribution < -0.4 is 4.74 Å². The lowest BCUT2D eigenvalue weighted by molar-refractivity contribution is 0.0992. The first-order chi connectivity index (χ1) is 9.02. The number of pyridine rings is 1. The van der Waals surface area contributed by atoms with E-state index in [4.69, 9.17) is 4.74 Å². The van der Waals surface area contributed by atoms with Crippen LogP contribution in [-0.2, 0) is 6.42 Å². The maximum absolute atomic E-state index is 12.2. The zero-order valence-electron chi connectivity index (χ0n) is 11.0. The van der Waals surface area contributed by atoms with Crippen molar-refractivity contribution in [2.75, 3.05) is 7.11 Å². The van der Waals surface area contributed by atoms with Gasteiger partial charge in [0.05, 0.1) is 23.0 Å². The van der Waals surface area contributed by atoms with Crippen molar-refractivity contribution in [3.63, 3.8) is 0 Å². The van der Waals surface area contributed by atoms with Gasteiger partial charge in [-0.1, -0.05) is 0 Å². The Morgan fingerprint density at radius 2 is 2.21 bits per heavy atom. The second kappa shape index (κ2) is 5.84. The molecule has 0 atom stereocenters. The first-order valence-electron chi connectivity index (χ1n) is 5.79. The Bertz CT molecular complexity index is 622. The smallest absolute Gasteiger partial charge is 0.169 e. The molecule has 0 saturated heterocycles. The number of aromatic nitrogens is 1. The van der Waals surface area contributed by atoms with E-state index in [0.717, 1.165) is 31.9 Å². The molecule has 5 heteroatoms. The normalized spacial score (nSPS) is 10.5. The van der Waals surface area contributed by atoms with Crippen LogP contribution in [0, 0.1) is 13.8 Å². The van der Waals surface area contributed by atoms with E-state index in [1.807, 2.05) is 25.3 Å². The molecule has 2 rings (SSSR count). The first-order valence-corrected chi connectivity index (χ1v) is 7.46. The van der Waals surface area contributed by atoms with Crippen molar-refractivity contribution < 1.29 is 9.53 Å². The van der Waals surface area contributed by atoms with Gasteiger partial charge in [-0.25, -0.2) is 0 Å². The van der Waals surface area contributed by atoms with Crippen LogP contribution in [0.15, 0.2) is 21.4 Å². The summed E-state index contributed by atoms with van der Waals surface area (Å²) >= 11 is 4.87. The summed E-state index contributed by atoms with van der Waals surface area (Å²) in [7, 11) is 1.64. The van der Waals surface area contributed by atoms with E-state index in [1.165, 1.54) is 11.3 Å². The molecule has 0 aliphatic rings. The fourth-order valence-electron chi connectivity index (χ4n) is 1.96. The van der Waals surface area contributed by atoms with E-state index < -0.39 is 0 Å². The number of ketones is 1. The summed E-state index contributed by atoms with van der Waals surface area (Å²) in [4.78, 5) is 16.5. The molecular formula is C14H14BrNO2S. The van der Waals surface area contributed by atoms with Crippen LogP contribution in [0.3, 0.4) is 0 Å². The minimum Gasteiger partial charge on any atom is -0.496 e. The molecule has 2 aromatic rings. The summed E-state index contributed by atoms with van der Waals surface area (Å²) in [6, 6.07) is 1.84. The molecule has 0 amide bonds. The van der Waals surface area contributed by atoms with Crippen LogP contribution in [0.1, 0.15) is 27.2 Å². The zero-order valence-corrected chi connectivity index (χ0v) is 13.4. The van der Waals surface area contributed by atoms with Crippen LogP contribution >= 0.6 is 27.3 Å². The fourth-order valence-corrected chi connectivity index (χ4v) is 3.12. The maximum Gasteiger partial charge on any atom is 0.169 e.